The minimum absolute atomic E-state index is 0.152. The molecule has 4 rings (SSSR count). The Balaban J connectivity index is 1.32. The molecule has 1 N–H and O–H groups in total. The number of hydrogen-bond donors (Lipinski definition) is 1. The topological polar surface area (TPSA) is 75.0 Å². The van der Waals surface area contributed by atoms with E-state index in [0.29, 0.717) is 43.4 Å². The molecule has 0 aliphatic carbocycles. The Hall–Kier alpha value is -3.74. The van der Waals surface area contributed by atoms with E-state index in [1.165, 1.54) is 6.26 Å². The highest BCUT2D eigenvalue weighted by Gasteiger charge is 2.26. The van der Waals surface area contributed by atoms with Gasteiger partial charge in [0.15, 0.2) is 5.76 Å². The van der Waals surface area contributed by atoms with Crippen molar-refractivity contribution in [2.24, 2.45) is 0 Å². The number of amides is 3. The number of rotatable bonds is 4. The highest BCUT2D eigenvalue weighted by atomic mass is 16.5. The molecule has 1 saturated heterocycles. The molecule has 29 heavy (non-hydrogen) atoms. The van der Waals surface area contributed by atoms with Crippen molar-refractivity contribution in [2.75, 3.05) is 31.5 Å². The third-order valence-electron chi connectivity index (χ3n) is 4.65. The molecule has 1 aliphatic heterocycles. The normalized spacial score (nSPS) is 13.8. The minimum atomic E-state index is -0.202. The van der Waals surface area contributed by atoms with Gasteiger partial charge in [-0.3, -0.25) is 4.79 Å². The molecule has 1 aliphatic rings. The van der Waals surface area contributed by atoms with Gasteiger partial charge in [0.2, 0.25) is 0 Å². The lowest BCUT2D eigenvalue weighted by Crippen LogP contribution is -2.51. The maximum Gasteiger partial charge on any atom is 0.321 e. The number of benzene rings is 2. The van der Waals surface area contributed by atoms with E-state index in [1.807, 2.05) is 48.5 Å². The minimum Gasteiger partial charge on any atom is -0.459 e. The van der Waals surface area contributed by atoms with E-state index >= 15 is 0 Å². The van der Waals surface area contributed by atoms with Gasteiger partial charge in [0.25, 0.3) is 5.91 Å². The van der Waals surface area contributed by atoms with Crippen LogP contribution in [0.25, 0.3) is 0 Å². The third-order valence-corrected chi connectivity index (χ3v) is 4.65. The summed E-state index contributed by atoms with van der Waals surface area (Å²) in [6, 6.07) is 19.8. The van der Waals surface area contributed by atoms with Gasteiger partial charge in [-0.05, 0) is 36.4 Å². The van der Waals surface area contributed by atoms with Crippen LogP contribution in [0.1, 0.15) is 10.6 Å². The predicted molar refractivity (Wildman–Crippen MR) is 108 cm³/mol. The quantitative estimate of drug-likeness (QED) is 0.728. The molecule has 3 amide bonds. The molecule has 0 spiro atoms. The van der Waals surface area contributed by atoms with Crippen LogP contribution >= 0.6 is 0 Å². The molecule has 2 heterocycles. The van der Waals surface area contributed by atoms with Crippen molar-refractivity contribution in [1.82, 2.24) is 9.80 Å². The first kappa shape index (κ1) is 18.6. The molecule has 2 aromatic carbocycles. The first-order chi connectivity index (χ1) is 14.2. The van der Waals surface area contributed by atoms with Crippen molar-refractivity contribution in [1.29, 1.82) is 0 Å². The summed E-state index contributed by atoms with van der Waals surface area (Å²) < 4.78 is 11.0. The molecule has 0 saturated carbocycles. The molecule has 3 aromatic rings. The number of carbonyl (C=O) groups is 2. The van der Waals surface area contributed by atoms with E-state index in [1.54, 1.807) is 28.0 Å². The van der Waals surface area contributed by atoms with Crippen LogP contribution in [-0.2, 0) is 0 Å². The molecule has 0 unspecified atom stereocenters. The fraction of sp³-hybridized carbons (Fsp3) is 0.182. The van der Waals surface area contributed by atoms with Crippen molar-refractivity contribution in [3.8, 4) is 11.5 Å². The van der Waals surface area contributed by atoms with Crippen molar-refractivity contribution in [3.05, 3.63) is 78.8 Å². The van der Waals surface area contributed by atoms with Gasteiger partial charge < -0.3 is 24.3 Å². The standard InChI is InChI=1S/C22H21N3O4/c26-21(20-10-5-15-28-20)24-11-13-25(14-12-24)22(27)23-17-6-4-9-19(16-17)29-18-7-2-1-3-8-18/h1-10,15-16H,11-14H2,(H,23,27). The number of piperazine rings is 1. The fourth-order valence-corrected chi connectivity index (χ4v) is 3.13. The van der Waals surface area contributed by atoms with Crippen LogP contribution in [0.4, 0.5) is 10.5 Å². The maximum atomic E-state index is 12.6. The predicted octanol–water partition coefficient (Wildman–Crippen LogP) is 4.06. The van der Waals surface area contributed by atoms with E-state index < -0.39 is 0 Å². The van der Waals surface area contributed by atoms with Gasteiger partial charge in [-0.2, -0.15) is 0 Å². The average molecular weight is 391 g/mol. The molecule has 1 aromatic heterocycles. The summed E-state index contributed by atoms with van der Waals surface area (Å²) in [5, 5.41) is 2.89. The lowest BCUT2D eigenvalue weighted by atomic mass is 10.2. The Morgan fingerprint density at radius 2 is 1.55 bits per heavy atom. The Morgan fingerprint density at radius 1 is 0.828 bits per heavy atom. The van der Waals surface area contributed by atoms with Gasteiger partial charge in [0, 0.05) is 37.9 Å². The summed E-state index contributed by atoms with van der Waals surface area (Å²) in [5.74, 6) is 1.54. The van der Waals surface area contributed by atoms with Gasteiger partial charge in [0.05, 0.1) is 6.26 Å². The Bertz CT molecular complexity index is 965. The number of urea groups is 1. The second-order valence-corrected chi connectivity index (χ2v) is 6.63. The van der Waals surface area contributed by atoms with Crippen LogP contribution < -0.4 is 10.1 Å². The molecule has 148 valence electrons. The molecular weight excluding hydrogens is 370 g/mol. The van der Waals surface area contributed by atoms with Gasteiger partial charge in [-0.1, -0.05) is 24.3 Å². The van der Waals surface area contributed by atoms with Gasteiger partial charge in [0.1, 0.15) is 11.5 Å². The summed E-state index contributed by atoms with van der Waals surface area (Å²) in [4.78, 5) is 28.3. The highest BCUT2D eigenvalue weighted by Crippen LogP contribution is 2.24. The van der Waals surface area contributed by atoms with Gasteiger partial charge in [-0.15, -0.1) is 0 Å². The van der Waals surface area contributed by atoms with E-state index in [2.05, 4.69) is 5.32 Å². The first-order valence-electron chi connectivity index (χ1n) is 9.41. The highest BCUT2D eigenvalue weighted by molar-refractivity contribution is 5.92. The van der Waals surface area contributed by atoms with Gasteiger partial charge in [-0.25, -0.2) is 4.79 Å². The van der Waals surface area contributed by atoms with Crippen LogP contribution in [-0.4, -0.2) is 47.9 Å². The zero-order chi connectivity index (χ0) is 20.1. The second kappa shape index (κ2) is 8.52. The summed E-state index contributed by atoms with van der Waals surface area (Å²) in [6.45, 7) is 1.84. The lowest BCUT2D eigenvalue weighted by Gasteiger charge is -2.34. The summed E-state index contributed by atoms with van der Waals surface area (Å²) >= 11 is 0. The van der Waals surface area contributed by atoms with Crippen LogP contribution in [0.2, 0.25) is 0 Å². The van der Waals surface area contributed by atoms with Crippen LogP contribution in [0.15, 0.2) is 77.4 Å². The SMILES string of the molecule is O=C(Nc1cccc(Oc2ccccc2)c1)N1CCN(C(=O)c2ccco2)CC1. The maximum absolute atomic E-state index is 12.6. The molecule has 0 radical (unpaired) electrons. The molecular formula is C22H21N3O4. The number of nitrogens with zero attached hydrogens (tertiary/aromatic N) is 2. The molecule has 0 atom stereocenters. The smallest absolute Gasteiger partial charge is 0.321 e. The van der Waals surface area contributed by atoms with Crippen LogP contribution in [0.5, 0.6) is 11.5 Å². The van der Waals surface area contributed by atoms with Crippen molar-refractivity contribution < 1.29 is 18.7 Å². The number of furan rings is 1. The number of carbonyl (C=O) groups excluding carboxylic acids is 2. The Kier molecular flexibility index (Phi) is 5.47. The van der Waals surface area contributed by atoms with Crippen molar-refractivity contribution >= 4 is 17.6 Å². The lowest BCUT2D eigenvalue weighted by molar-refractivity contribution is 0.0640. The number of hydrogen-bond acceptors (Lipinski definition) is 4. The summed E-state index contributed by atoms with van der Waals surface area (Å²) in [5.41, 5.74) is 0.650. The second-order valence-electron chi connectivity index (χ2n) is 6.63. The van der Waals surface area contributed by atoms with Crippen LogP contribution in [0, 0.1) is 0 Å². The zero-order valence-corrected chi connectivity index (χ0v) is 15.8. The number of nitrogens with one attached hydrogen (secondary N) is 1. The Labute approximate surface area is 168 Å². The van der Waals surface area contributed by atoms with Crippen molar-refractivity contribution in [3.63, 3.8) is 0 Å². The summed E-state index contributed by atoms with van der Waals surface area (Å²) in [7, 11) is 0. The molecule has 1 fully saturated rings. The number of ether oxygens (including phenoxy) is 1. The monoisotopic (exact) mass is 391 g/mol. The number of para-hydroxylation sites is 1. The molecule has 0 bridgehead atoms. The average Bonchev–Trinajstić information content (AvgIpc) is 3.29. The zero-order valence-electron chi connectivity index (χ0n) is 15.8. The summed E-state index contributed by atoms with van der Waals surface area (Å²) in [6.07, 6.45) is 1.48. The largest absolute Gasteiger partial charge is 0.459 e. The van der Waals surface area contributed by atoms with E-state index in [-0.39, 0.29) is 11.9 Å². The molecule has 7 nitrogen and oxygen atoms in total. The van der Waals surface area contributed by atoms with Crippen molar-refractivity contribution in [2.45, 2.75) is 0 Å². The fourth-order valence-electron chi connectivity index (χ4n) is 3.13. The Morgan fingerprint density at radius 3 is 2.28 bits per heavy atom. The van der Waals surface area contributed by atoms with E-state index in [4.69, 9.17) is 9.15 Å². The first-order valence-corrected chi connectivity index (χ1v) is 9.41. The third kappa shape index (κ3) is 4.57. The van der Waals surface area contributed by atoms with E-state index in [0.717, 1.165) is 5.75 Å². The van der Waals surface area contributed by atoms with E-state index in [9.17, 15) is 9.59 Å². The molecule has 7 heteroatoms. The number of anilines is 1. The van der Waals surface area contributed by atoms with Crippen LogP contribution in [0.3, 0.4) is 0 Å². The van der Waals surface area contributed by atoms with Gasteiger partial charge >= 0.3 is 6.03 Å².